The van der Waals surface area contributed by atoms with Crippen molar-refractivity contribution in [3.8, 4) is 5.75 Å². The number of carbonyl (C=O) groups excluding carboxylic acids is 1. The average molecular weight is 396 g/mol. The molecule has 0 radical (unpaired) electrons. The lowest BCUT2D eigenvalue weighted by Gasteiger charge is -2.27. The van der Waals surface area contributed by atoms with Gasteiger partial charge >= 0.3 is 0 Å². The Labute approximate surface area is 177 Å². The third kappa shape index (κ3) is 4.69. The number of nitrogens with zero attached hydrogens (tertiary/aromatic N) is 1. The zero-order chi connectivity index (χ0) is 20.8. The summed E-state index contributed by atoms with van der Waals surface area (Å²) < 4.78 is 6.15. The van der Waals surface area contributed by atoms with Gasteiger partial charge in [-0.25, -0.2) is 0 Å². The lowest BCUT2D eigenvalue weighted by Crippen LogP contribution is -2.39. The fourth-order valence-electron chi connectivity index (χ4n) is 3.62. The van der Waals surface area contributed by atoms with E-state index in [9.17, 15) is 4.79 Å². The Balaban J connectivity index is 1.56. The summed E-state index contributed by atoms with van der Waals surface area (Å²) in [4.78, 5) is 15.3. The number of benzene rings is 4. The van der Waals surface area contributed by atoms with E-state index in [2.05, 4.69) is 0 Å². The van der Waals surface area contributed by atoms with Gasteiger partial charge in [-0.15, -0.1) is 0 Å². The second kappa shape index (κ2) is 9.27. The molecule has 1 amide bonds. The Hall–Kier alpha value is -3.59. The van der Waals surface area contributed by atoms with E-state index < -0.39 is 6.10 Å². The Morgan fingerprint density at radius 1 is 0.733 bits per heavy atom. The molecule has 3 heteroatoms. The van der Waals surface area contributed by atoms with Crippen molar-refractivity contribution >= 4 is 16.7 Å². The Morgan fingerprint density at radius 2 is 1.27 bits per heavy atom. The highest BCUT2D eigenvalue weighted by molar-refractivity contribution is 5.89. The Morgan fingerprint density at radius 3 is 1.90 bits per heavy atom. The van der Waals surface area contributed by atoms with Crippen LogP contribution in [0.2, 0.25) is 0 Å². The zero-order valence-electron chi connectivity index (χ0n) is 17.1. The maximum Gasteiger partial charge on any atom is 0.263 e. The molecule has 30 heavy (non-hydrogen) atoms. The van der Waals surface area contributed by atoms with Gasteiger partial charge in [-0.05, 0) is 29.5 Å². The van der Waals surface area contributed by atoms with Crippen LogP contribution in [-0.4, -0.2) is 16.9 Å². The molecule has 0 fully saturated rings. The highest BCUT2D eigenvalue weighted by Gasteiger charge is 2.23. The van der Waals surface area contributed by atoms with Crippen molar-refractivity contribution in [1.82, 2.24) is 4.90 Å². The van der Waals surface area contributed by atoms with Gasteiger partial charge in [0.15, 0.2) is 6.10 Å². The van der Waals surface area contributed by atoms with Crippen molar-refractivity contribution < 1.29 is 9.53 Å². The van der Waals surface area contributed by atoms with Crippen LogP contribution < -0.4 is 4.74 Å². The zero-order valence-corrected chi connectivity index (χ0v) is 17.1. The molecule has 0 bridgehead atoms. The maximum absolute atomic E-state index is 13.4. The van der Waals surface area contributed by atoms with E-state index in [-0.39, 0.29) is 5.91 Å². The monoisotopic (exact) mass is 395 g/mol. The van der Waals surface area contributed by atoms with Gasteiger partial charge < -0.3 is 9.64 Å². The van der Waals surface area contributed by atoms with Gasteiger partial charge in [0.25, 0.3) is 5.91 Å². The predicted molar refractivity (Wildman–Crippen MR) is 121 cm³/mol. The van der Waals surface area contributed by atoms with Gasteiger partial charge in [0, 0.05) is 18.5 Å². The molecular weight excluding hydrogens is 370 g/mol. The van der Waals surface area contributed by atoms with Crippen molar-refractivity contribution in [2.24, 2.45) is 0 Å². The van der Waals surface area contributed by atoms with Crippen molar-refractivity contribution in [2.45, 2.75) is 26.1 Å². The maximum atomic E-state index is 13.4. The summed E-state index contributed by atoms with van der Waals surface area (Å²) >= 11 is 0. The van der Waals surface area contributed by atoms with E-state index in [1.165, 1.54) is 0 Å². The summed E-state index contributed by atoms with van der Waals surface area (Å²) in [6, 6.07) is 34.1. The molecule has 0 aliphatic rings. The average Bonchev–Trinajstić information content (AvgIpc) is 2.80. The molecule has 150 valence electrons. The third-order valence-electron chi connectivity index (χ3n) is 5.15. The second-order valence-corrected chi connectivity index (χ2v) is 7.40. The summed E-state index contributed by atoms with van der Waals surface area (Å²) in [6.07, 6.45) is -0.594. The molecule has 4 aromatic carbocycles. The molecule has 0 aromatic heterocycles. The van der Waals surface area contributed by atoms with Gasteiger partial charge in [-0.2, -0.15) is 0 Å². The third-order valence-corrected chi connectivity index (χ3v) is 5.15. The first-order chi connectivity index (χ1) is 14.7. The van der Waals surface area contributed by atoms with Gasteiger partial charge in [0.1, 0.15) is 5.75 Å². The van der Waals surface area contributed by atoms with E-state index in [0.29, 0.717) is 13.1 Å². The molecule has 0 aliphatic carbocycles. The van der Waals surface area contributed by atoms with E-state index in [1.807, 2.05) is 115 Å². The quantitative estimate of drug-likeness (QED) is 0.394. The summed E-state index contributed by atoms with van der Waals surface area (Å²) in [5.74, 6) is 0.698. The SMILES string of the molecule is C[C@@H](Oc1cccc2ccccc12)C(=O)N(Cc1ccccc1)Cc1ccccc1. The minimum Gasteiger partial charge on any atom is -0.480 e. The fraction of sp³-hybridized carbons (Fsp3) is 0.148. The molecule has 0 saturated carbocycles. The molecule has 0 spiro atoms. The van der Waals surface area contributed by atoms with Crippen LogP contribution in [0.15, 0.2) is 103 Å². The van der Waals surface area contributed by atoms with Crippen LogP contribution in [0, 0.1) is 0 Å². The minimum atomic E-state index is -0.594. The standard InChI is InChI=1S/C27H25NO2/c1-21(30-26-18-10-16-24-15-8-9-17-25(24)26)27(29)28(19-22-11-4-2-5-12-22)20-23-13-6-3-7-14-23/h2-18,21H,19-20H2,1H3/t21-/m1/s1. The Bertz CT molecular complexity index is 1060. The van der Waals surface area contributed by atoms with Gasteiger partial charge in [0.05, 0.1) is 0 Å². The predicted octanol–water partition coefficient (Wildman–Crippen LogP) is 5.84. The van der Waals surface area contributed by atoms with Crippen molar-refractivity contribution in [3.05, 3.63) is 114 Å². The van der Waals surface area contributed by atoms with Crippen LogP contribution in [0.3, 0.4) is 0 Å². The van der Waals surface area contributed by atoms with E-state index in [4.69, 9.17) is 4.74 Å². The first-order valence-corrected chi connectivity index (χ1v) is 10.2. The summed E-state index contributed by atoms with van der Waals surface area (Å²) in [7, 11) is 0. The second-order valence-electron chi connectivity index (χ2n) is 7.40. The number of ether oxygens (including phenoxy) is 1. The molecule has 0 aliphatic heterocycles. The number of hydrogen-bond donors (Lipinski definition) is 0. The van der Waals surface area contributed by atoms with Gasteiger partial charge in [-0.3, -0.25) is 4.79 Å². The molecule has 0 unspecified atom stereocenters. The van der Waals surface area contributed by atoms with E-state index >= 15 is 0 Å². The van der Waals surface area contributed by atoms with Crippen LogP contribution in [-0.2, 0) is 17.9 Å². The molecule has 4 aromatic rings. The van der Waals surface area contributed by atoms with E-state index in [1.54, 1.807) is 0 Å². The van der Waals surface area contributed by atoms with Crippen molar-refractivity contribution in [3.63, 3.8) is 0 Å². The minimum absolute atomic E-state index is 0.0318. The smallest absolute Gasteiger partial charge is 0.263 e. The van der Waals surface area contributed by atoms with Gasteiger partial charge in [0.2, 0.25) is 0 Å². The van der Waals surface area contributed by atoms with Gasteiger partial charge in [-0.1, -0.05) is 97.1 Å². The van der Waals surface area contributed by atoms with Crippen LogP contribution >= 0.6 is 0 Å². The van der Waals surface area contributed by atoms with Crippen molar-refractivity contribution in [1.29, 1.82) is 0 Å². The molecular formula is C27H25NO2. The lowest BCUT2D eigenvalue weighted by molar-refractivity contribution is -0.139. The molecule has 1 atom stereocenters. The summed E-state index contributed by atoms with van der Waals surface area (Å²) in [5, 5.41) is 2.11. The number of carbonyl (C=O) groups is 1. The lowest BCUT2D eigenvalue weighted by atomic mass is 10.1. The molecule has 4 rings (SSSR count). The topological polar surface area (TPSA) is 29.5 Å². The molecule has 3 nitrogen and oxygen atoms in total. The normalized spacial score (nSPS) is 11.8. The number of fused-ring (bicyclic) bond motifs is 1. The highest BCUT2D eigenvalue weighted by Crippen LogP contribution is 2.26. The highest BCUT2D eigenvalue weighted by atomic mass is 16.5. The summed E-state index contributed by atoms with van der Waals surface area (Å²) in [5.41, 5.74) is 2.19. The summed E-state index contributed by atoms with van der Waals surface area (Å²) in [6.45, 7) is 2.91. The molecule has 0 N–H and O–H groups in total. The van der Waals surface area contributed by atoms with Crippen molar-refractivity contribution in [2.75, 3.05) is 0 Å². The number of amides is 1. The fourth-order valence-corrected chi connectivity index (χ4v) is 3.62. The first kappa shape index (κ1) is 19.7. The Kier molecular flexibility index (Phi) is 6.09. The molecule has 0 heterocycles. The molecule has 0 saturated heterocycles. The largest absolute Gasteiger partial charge is 0.480 e. The van der Waals surface area contributed by atoms with Crippen LogP contribution in [0.5, 0.6) is 5.75 Å². The number of rotatable bonds is 7. The van der Waals surface area contributed by atoms with Crippen LogP contribution in [0.25, 0.3) is 10.8 Å². The number of hydrogen-bond acceptors (Lipinski definition) is 2. The van der Waals surface area contributed by atoms with Crippen LogP contribution in [0.4, 0.5) is 0 Å². The van der Waals surface area contributed by atoms with E-state index in [0.717, 1.165) is 27.6 Å². The van der Waals surface area contributed by atoms with Crippen LogP contribution in [0.1, 0.15) is 18.1 Å². The first-order valence-electron chi connectivity index (χ1n) is 10.2.